The molecule has 0 spiro atoms. The van der Waals surface area contributed by atoms with Crippen LogP contribution in [0.4, 0.5) is 4.79 Å². The summed E-state index contributed by atoms with van der Waals surface area (Å²) in [4.78, 5) is 36.2. The van der Waals surface area contributed by atoms with Gasteiger partial charge in [0.25, 0.3) is 0 Å². The van der Waals surface area contributed by atoms with E-state index in [0.717, 1.165) is 18.6 Å². The molecule has 0 bridgehead atoms. The van der Waals surface area contributed by atoms with Crippen molar-refractivity contribution in [2.24, 2.45) is 0 Å². The number of carbonyl (C=O) groups is 3. The van der Waals surface area contributed by atoms with Gasteiger partial charge in [0, 0.05) is 24.4 Å². The van der Waals surface area contributed by atoms with Gasteiger partial charge in [0.2, 0.25) is 5.91 Å². The normalized spacial score (nSPS) is 29.1. The lowest BCUT2D eigenvalue weighted by Gasteiger charge is -2.35. The number of carboxylic acids is 1. The Bertz CT molecular complexity index is 437. The molecule has 0 aliphatic carbocycles. The number of nitrogens with zero attached hydrogens (tertiary/aromatic N) is 1. The van der Waals surface area contributed by atoms with Crippen LogP contribution >= 0.6 is 11.8 Å². The van der Waals surface area contributed by atoms with Crippen molar-refractivity contribution < 1.29 is 19.5 Å². The number of urea groups is 1. The molecule has 2 aliphatic rings. The zero-order chi connectivity index (χ0) is 15.5. The Morgan fingerprint density at radius 2 is 2.33 bits per heavy atom. The van der Waals surface area contributed by atoms with Gasteiger partial charge in [0.1, 0.15) is 6.04 Å². The summed E-state index contributed by atoms with van der Waals surface area (Å²) in [6, 6.07) is -1.29. The van der Waals surface area contributed by atoms with E-state index in [1.807, 2.05) is 11.8 Å². The molecule has 0 aromatic heterocycles. The molecule has 3 N–H and O–H groups in total. The predicted molar refractivity (Wildman–Crippen MR) is 79.3 cm³/mol. The quantitative estimate of drug-likeness (QED) is 0.691. The largest absolute Gasteiger partial charge is 0.481 e. The van der Waals surface area contributed by atoms with Crippen molar-refractivity contribution in [1.82, 2.24) is 15.5 Å². The molecule has 2 heterocycles. The van der Waals surface area contributed by atoms with E-state index < -0.39 is 17.9 Å². The van der Waals surface area contributed by atoms with Gasteiger partial charge >= 0.3 is 12.0 Å². The number of carboxylic acid groups (broad SMARTS) is 1. The van der Waals surface area contributed by atoms with Crippen molar-refractivity contribution in [1.29, 1.82) is 0 Å². The van der Waals surface area contributed by atoms with Crippen LogP contribution in [0.25, 0.3) is 0 Å². The smallest absolute Gasteiger partial charge is 0.318 e. The minimum atomic E-state index is -1.09. The molecule has 2 aliphatic heterocycles. The first-order valence-corrected chi connectivity index (χ1v) is 8.08. The Balaban J connectivity index is 1.95. The highest BCUT2D eigenvalue weighted by atomic mass is 32.2. The van der Waals surface area contributed by atoms with Gasteiger partial charge in [-0.05, 0) is 25.5 Å². The van der Waals surface area contributed by atoms with Crippen LogP contribution in [0.2, 0.25) is 0 Å². The monoisotopic (exact) mass is 315 g/mol. The molecule has 2 fully saturated rings. The maximum Gasteiger partial charge on any atom is 0.318 e. The number of carbonyl (C=O) groups excluding carboxylic acids is 2. The highest BCUT2D eigenvalue weighted by molar-refractivity contribution is 8.00. The van der Waals surface area contributed by atoms with Crippen LogP contribution in [0, 0.1) is 0 Å². The van der Waals surface area contributed by atoms with Gasteiger partial charge in [0.15, 0.2) is 0 Å². The molecule has 21 heavy (non-hydrogen) atoms. The zero-order valence-corrected chi connectivity index (χ0v) is 12.9. The summed E-state index contributed by atoms with van der Waals surface area (Å²) in [5, 5.41) is 14.3. The lowest BCUT2D eigenvalue weighted by atomic mass is 10.1. The highest BCUT2D eigenvalue weighted by Gasteiger charge is 2.36. The number of thioether (sulfide) groups is 1. The molecule has 2 atom stereocenters. The van der Waals surface area contributed by atoms with Gasteiger partial charge in [0.05, 0.1) is 6.42 Å². The number of hydrogen-bond donors (Lipinski definition) is 3. The van der Waals surface area contributed by atoms with Crippen LogP contribution in [0.1, 0.15) is 26.2 Å². The Labute approximate surface area is 127 Å². The van der Waals surface area contributed by atoms with Gasteiger partial charge in [-0.2, -0.15) is 11.8 Å². The van der Waals surface area contributed by atoms with Crippen LogP contribution in [0.3, 0.4) is 0 Å². The van der Waals surface area contributed by atoms with Crippen molar-refractivity contribution in [2.75, 3.05) is 25.4 Å². The van der Waals surface area contributed by atoms with E-state index >= 15 is 0 Å². The molecule has 0 aromatic rings. The second-order valence-electron chi connectivity index (χ2n) is 5.66. The molecule has 3 amide bonds. The fraction of sp³-hybridized carbons (Fsp3) is 0.769. The Hall–Kier alpha value is -1.44. The number of piperazine rings is 1. The summed E-state index contributed by atoms with van der Waals surface area (Å²) in [6.07, 6.45) is 1.83. The van der Waals surface area contributed by atoms with Gasteiger partial charge in [-0.25, -0.2) is 4.79 Å². The highest BCUT2D eigenvalue weighted by Crippen LogP contribution is 2.36. The van der Waals surface area contributed by atoms with Crippen molar-refractivity contribution in [3.63, 3.8) is 0 Å². The molecule has 2 rings (SSSR count). The topological polar surface area (TPSA) is 98.7 Å². The molecule has 0 aromatic carbocycles. The molecular formula is C13H21N3O4S. The Kier molecular flexibility index (Phi) is 4.97. The van der Waals surface area contributed by atoms with Crippen molar-refractivity contribution in [2.45, 2.75) is 37.0 Å². The van der Waals surface area contributed by atoms with Crippen molar-refractivity contribution in [3.05, 3.63) is 0 Å². The van der Waals surface area contributed by atoms with E-state index in [4.69, 9.17) is 5.11 Å². The minimum Gasteiger partial charge on any atom is -0.481 e. The minimum absolute atomic E-state index is 0.0377. The first-order chi connectivity index (χ1) is 9.91. The van der Waals surface area contributed by atoms with E-state index in [1.54, 1.807) is 0 Å². The summed E-state index contributed by atoms with van der Waals surface area (Å²) in [6.45, 7) is 3.34. The van der Waals surface area contributed by atoms with Gasteiger partial charge in [-0.3, -0.25) is 9.59 Å². The first kappa shape index (κ1) is 15.9. The van der Waals surface area contributed by atoms with Crippen LogP contribution in [-0.4, -0.2) is 64.1 Å². The third kappa shape index (κ3) is 4.03. The molecule has 2 unspecified atom stereocenters. The van der Waals surface area contributed by atoms with E-state index in [2.05, 4.69) is 17.6 Å². The fourth-order valence-corrected chi connectivity index (χ4v) is 3.91. The van der Waals surface area contributed by atoms with Crippen molar-refractivity contribution >= 4 is 29.7 Å². The van der Waals surface area contributed by atoms with E-state index in [0.29, 0.717) is 19.6 Å². The lowest BCUT2D eigenvalue weighted by molar-refractivity contribution is -0.142. The SMILES string of the molecule is CC1(CNC(=O)N2CCNC(=O)C2CC(=O)O)CCCS1. The van der Waals surface area contributed by atoms with E-state index in [9.17, 15) is 14.4 Å². The number of aliphatic carboxylic acids is 1. The summed E-state index contributed by atoms with van der Waals surface area (Å²) in [7, 11) is 0. The fourth-order valence-electron chi connectivity index (χ4n) is 2.67. The summed E-state index contributed by atoms with van der Waals surface area (Å²) >= 11 is 1.84. The van der Waals surface area contributed by atoms with Gasteiger partial charge < -0.3 is 20.6 Å². The summed E-state index contributed by atoms with van der Waals surface area (Å²) in [5.41, 5.74) is 0. The molecule has 118 valence electrons. The van der Waals surface area contributed by atoms with Crippen LogP contribution in [0.15, 0.2) is 0 Å². The maximum absolute atomic E-state index is 12.3. The van der Waals surface area contributed by atoms with Crippen LogP contribution in [0.5, 0.6) is 0 Å². The van der Waals surface area contributed by atoms with Crippen LogP contribution in [-0.2, 0) is 9.59 Å². The predicted octanol–water partition coefficient (Wildman–Crippen LogP) is 0.257. The maximum atomic E-state index is 12.3. The summed E-state index contributed by atoms with van der Waals surface area (Å²) < 4.78 is 0.0377. The third-order valence-electron chi connectivity index (χ3n) is 3.87. The van der Waals surface area contributed by atoms with Gasteiger partial charge in [-0.1, -0.05) is 0 Å². The van der Waals surface area contributed by atoms with Gasteiger partial charge in [-0.15, -0.1) is 0 Å². The number of amides is 3. The zero-order valence-electron chi connectivity index (χ0n) is 12.1. The number of rotatable bonds is 4. The molecule has 0 saturated carbocycles. The standard InChI is InChI=1S/C13H21N3O4S/c1-13(3-2-6-21-13)8-15-12(20)16-5-4-14-11(19)9(16)7-10(17)18/h9H,2-8H2,1H3,(H,14,19)(H,15,20)(H,17,18). The van der Waals surface area contributed by atoms with Crippen LogP contribution < -0.4 is 10.6 Å². The first-order valence-electron chi connectivity index (χ1n) is 7.09. The second-order valence-corrected chi connectivity index (χ2v) is 7.34. The Morgan fingerprint density at radius 3 is 2.95 bits per heavy atom. The third-order valence-corrected chi connectivity index (χ3v) is 5.41. The number of nitrogens with one attached hydrogen (secondary N) is 2. The lowest BCUT2D eigenvalue weighted by Crippen LogP contribution is -2.60. The number of hydrogen-bond acceptors (Lipinski definition) is 4. The van der Waals surface area contributed by atoms with E-state index in [1.165, 1.54) is 4.90 Å². The average molecular weight is 315 g/mol. The molecule has 2 saturated heterocycles. The average Bonchev–Trinajstić information content (AvgIpc) is 2.85. The molecule has 7 nitrogen and oxygen atoms in total. The molecular weight excluding hydrogens is 294 g/mol. The summed E-state index contributed by atoms with van der Waals surface area (Å²) in [5.74, 6) is -0.395. The molecule has 0 radical (unpaired) electrons. The molecule has 8 heteroatoms. The van der Waals surface area contributed by atoms with Crippen molar-refractivity contribution in [3.8, 4) is 0 Å². The Morgan fingerprint density at radius 1 is 1.57 bits per heavy atom. The second kappa shape index (κ2) is 6.55. The van der Waals surface area contributed by atoms with E-state index in [-0.39, 0.29) is 17.2 Å².